The fourth-order valence-electron chi connectivity index (χ4n) is 3.96. The number of nitrogens with zero attached hydrogens (tertiary/aromatic N) is 2. The summed E-state index contributed by atoms with van der Waals surface area (Å²) in [5.74, 6) is 0.702. The number of rotatable bonds is 6. The SMILES string of the molecule is CCOc1ccc2cc([C@@H]3C=C(c4ccccc4)NN3S(=O)(=O)c3ccccc3)c(Cl)nc2c1. The van der Waals surface area contributed by atoms with E-state index >= 15 is 0 Å². The van der Waals surface area contributed by atoms with Crippen LogP contribution in [-0.2, 0) is 10.0 Å². The summed E-state index contributed by atoms with van der Waals surface area (Å²) in [6.45, 7) is 2.46. The van der Waals surface area contributed by atoms with Crippen molar-refractivity contribution in [3.8, 4) is 5.75 Å². The first kappa shape index (κ1) is 22.4. The maximum Gasteiger partial charge on any atom is 0.260 e. The van der Waals surface area contributed by atoms with Gasteiger partial charge in [0.1, 0.15) is 10.9 Å². The van der Waals surface area contributed by atoms with E-state index in [0.717, 1.165) is 10.9 Å². The molecule has 3 aromatic carbocycles. The quantitative estimate of drug-likeness (QED) is 0.356. The molecule has 0 fully saturated rings. The molecule has 2 heterocycles. The average Bonchev–Trinajstić information content (AvgIpc) is 3.31. The Labute approximate surface area is 203 Å². The zero-order valence-electron chi connectivity index (χ0n) is 18.4. The molecule has 0 aliphatic carbocycles. The second kappa shape index (κ2) is 9.10. The van der Waals surface area contributed by atoms with E-state index in [4.69, 9.17) is 16.3 Å². The van der Waals surface area contributed by atoms with Gasteiger partial charge in [-0.05, 0) is 48.9 Å². The van der Waals surface area contributed by atoms with Crippen LogP contribution in [0.1, 0.15) is 24.1 Å². The number of hydrazine groups is 1. The van der Waals surface area contributed by atoms with Crippen molar-refractivity contribution < 1.29 is 13.2 Å². The molecule has 0 spiro atoms. The van der Waals surface area contributed by atoms with Gasteiger partial charge in [0.05, 0.1) is 28.8 Å². The number of fused-ring (bicyclic) bond motifs is 1. The Morgan fingerprint density at radius 1 is 1.00 bits per heavy atom. The van der Waals surface area contributed by atoms with Gasteiger partial charge in [0.25, 0.3) is 10.0 Å². The number of nitrogens with one attached hydrogen (secondary N) is 1. The van der Waals surface area contributed by atoms with E-state index in [1.807, 2.05) is 67.6 Å². The predicted octanol–water partition coefficient (Wildman–Crippen LogP) is 5.58. The molecule has 0 saturated heterocycles. The monoisotopic (exact) mass is 491 g/mol. The summed E-state index contributed by atoms with van der Waals surface area (Å²) in [5.41, 5.74) is 5.89. The normalized spacial score (nSPS) is 16.3. The van der Waals surface area contributed by atoms with E-state index in [1.54, 1.807) is 30.3 Å². The standard InChI is InChI=1S/C26H22ClN3O3S/c1-2-33-20-14-13-19-15-22(26(27)28-23(19)16-20)25-17-24(18-9-5-3-6-10-18)29-30(25)34(31,32)21-11-7-4-8-12-21/h3-17,25,29H,2H2,1H3/t25-/m0/s1. The van der Waals surface area contributed by atoms with Gasteiger partial charge in [-0.1, -0.05) is 60.1 Å². The molecule has 34 heavy (non-hydrogen) atoms. The van der Waals surface area contributed by atoms with Crippen LogP contribution in [0.25, 0.3) is 16.6 Å². The van der Waals surface area contributed by atoms with Crippen molar-refractivity contribution in [1.29, 1.82) is 0 Å². The zero-order chi connectivity index (χ0) is 23.7. The molecule has 1 aliphatic rings. The Morgan fingerprint density at radius 2 is 1.71 bits per heavy atom. The lowest BCUT2D eigenvalue weighted by Crippen LogP contribution is -2.39. The van der Waals surface area contributed by atoms with E-state index in [1.165, 1.54) is 4.41 Å². The number of ether oxygens (including phenoxy) is 1. The van der Waals surface area contributed by atoms with Gasteiger partial charge in [-0.25, -0.2) is 13.4 Å². The summed E-state index contributed by atoms with van der Waals surface area (Å²) in [7, 11) is -3.90. The first-order chi connectivity index (χ1) is 16.5. The van der Waals surface area contributed by atoms with Crippen LogP contribution in [0.15, 0.2) is 95.9 Å². The molecule has 0 radical (unpaired) electrons. The van der Waals surface area contributed by atoms with Gasteiger partial charge in [-0.15, -0.1) is 4.41 Å². The lowest BCUT2D eigenvalue weighted by molar-refractivity contribution is 0.340. The van der Waals surface area contributed by atoms with Crippen molar-refractivity contribution in [2.24, 2.45) is 0 Å². The van der Waals surface area contributed by atoms with Crippen LogP contribution < -0.4 is 10.2 Å². The van der Waals surface area contributed by atoms with Gasteiger partial charge in [0.2, 0.25) is 0 Å². The highest BCUT2D eigenvalue weighted by Crippen LogP contribution is 2.39. The molecule has 1 atom stereocenters. The second-order valence-electron chi connectivity index (χ2n) is 7.77. The smallest absolute Gasteiger partial charge is 0.260 e. The molecule has 6 nitrogen and oxygen atoms in total. The van der Waals surface area contributed by atoms with Crippen LogP contribution >= 0.6 is 11.6 Å². The minimum atomic E-state index is -3.90. The van der Waals surface area contributed by atoms with Crippen LogP contribution in [0.2, 0.25) is 5.15 Å². The van der Waals surface area contributed by atoms with Gasteiger partial charge in [-0.3, -0.25) is 0 Å². The van der Waals surface area contributed by atoms with Gasteiger partial charge in [0.15, 0.2) is 0 Å². The number of pyridine rings is 1. The van der Waals surface area contributed by atoms with E-state index in [9.17, 15) is 8.42 Å². The molecule has 172 valence electrons. The number of benzene rings is 3. The lowest BCUT2D eigenvalue weighted by atomic mass is 10.0. The number of hydrogen-bond donors (Lipinski definition) is 1. The number of halogens is 1. The molecular weight excluding hydrogens is 470 g/mol. The summed E-state index contributed by atoms with van der Waals surface area (Å²) in [6, 6.07) is 24.7. The third-order valence-electron chi connectivity index (χ3n) is 5.59. The van der Waals surface area contributed by atoms with Crippen LogP contribution in [0.4, 0.5) is 0 Å². The topological polar surface area (TPSA) is 71.5 Å². The number of aromatic nitrogens is 1. The molecule has 1 N–H and O–H groups in total. The summed E-state index contributed by atoms with van der Waals surface area (Å²) in [4.78, 5) is 4.74. The van der Waals surface area contributed by atoms with Crippen molar-refractivity contribution in [3.05, 3.63) is 107 Å². The zero-order valence-corrected chi connectivity index (χ0v) is 19.9. The molecule has 5 rings (SSSR count). The molecule has 8 heteroatoms. The molecule has 0 saturated carbocycles. The number of hydrogen-bond acceptors (Lipinski definition) is 5. The van der Waals surface area contributed by atoms with Gasteiger partial charge in [-0.2, -0.15) is 0 Å². The van der Waals surface area contributed by atoms with Crippen LogP contribution in [-0.4, -0.2) is 24.4 Å². The molecule has 0 unspecified atom stereocenters. The highest BCUT2D eigenvalue weighted by molar-refractivity contribution is 7.89. The van der Waals surface area contributed by atoms with Crippen LogP contribution in [0, 0.1) is 0 Å². The first-order valence-electron chi connectivity index (χ1n) is 10.8. The molecule has 1 aliphatic heterocycles. The van der Waals surface area contributed by atoms with Gasteiger partial charge in [0, 0.05) is 17.0 Å². The van der Waals surface area contributed by atoms with Crippen molar-refractivity contribution in [2.75, 3.05) is 6.61 Å². The third kappa shape index (κ3) is 4.14. The van der Waals surface area contributed by atoms with Crippen molar-refractivity contribution in [1.82, 2.24) is 14.8 Å². The van der Waals surface area contributed by atoms with Crippen molar-refractivity contribution >= 4 is 38.2 Å². The Bertz CT molecular complexity index is 1480. The minimum absolute atomic E-state index is 0.182. The van der Waals surface area contributed by atoms with E-state index in [2.05, 4.69) is 10.4 Å². The summed E-state index contributed by atoms with van der Waals surface area (Å²) < 4.78 is 34.1. The predicted molar refractivity (Wildman–Crippen MR) is 134 cm³/mol. The van der Waals surface area contributed by atoms with E-state index < -0.39 is 16.1 Å². The second-order valence-corrected chi connectivity index (χ2v) is 9.95. The lowest BCUT2D eigenvalue weighted by Gasteiger charge is -2.25. The average molecular weight is 492 g/mol. The highest BCUT2D eigenvalue weighted by atomic mass is 35.5. The van der Waals surface area contributed by atoms with E-state index in [-0.39, 0.29) is 10.0 Å². The number of sulfonamides is 1. The molecule has 4 aromatic rings. The van der Waals surface area contributed by atoms with Crippen molar-refractivity contribution in [3.63, 3.8) is 0 Å². The Balaban J connectivity index is 1.63. The molecular formula is C26H22ClN3O3S. The maximum atomic E-state index is 13.6. The largest absolute Gasteiger partial charge is 0.494 e. The summed E-state index contributed by atoms with van der Waals surface area (Å²) >= 11 is 6.64. The fourth-order valence-corrected chi connectivity index (χ4v) is 5.64. The maximum absolute atomic E-state index is 13.6. The van der Waals surface area contributed by atoms with Crippen molar-refractivity contribution in [2.45, 2.75) is 17.9 Å². The molecule has 1 aromatic heterocycles. The minimum Gasteiger partial charge on any atom is -0.494 e. The van der Waals surface area contributed by atoms with Gasteiger partial charge < -0.3 is 10.2 Å². The fraction of sp³-hybridized carbons (Fsp3) is 0.115. The third-order valence-corrected chi connectivity index (χ3v) is 7.60. The first-order valence-corrected chi connectivity index (χ1v) is 12.7. The Kier molecular flexibility index (Phi) is 6.00. The highest BCUT2D eigenvalue weighted by Gasteiger charge is 2.38. The van der Waals surface area contributed by atoms with Crippen LogP contribution in [0.5, 0.6) is 5.75 Å². The van der Waals surface area contributed by atoms with E-state index in [0.29, 0.717) is 29.1 Å². The summed E-state index contributed by atoms with van der Waals surface area (Å²) in [5, 5.41) is 1.06. The molecule has 0 amide bonds. The van der Waals surface area contributed by atoms with Gasteiger partial charge >= 0.3 is 0 Å². The Hall–Kier alpha value is -3.39. The molecule has 0 bridgehead atoms. The Morgan fingerprint density at radius 3 is 2.41 bits per heavy atom. The summed E-state index contributed by atoms with van der Waals surface area (Å²) in [6.07, 6.45) is 1.86. The van der Waals surface area contributed by atoms with Crippen LogP contribution in [0.3, 0.4) is 0 Å².